The maximum absolute atomic E-state index is 14.0. The number of nitrogens with one attached hydrogen (secondary N) is 4. The molecule has 0 unspecified atom stereocenters. The number of imidazole rings is 2. The molecule has 5 aromatic rings. The van der Waals surface area contributed by atoms with E-state index in [0.717, 1.165) is 65.0 Å². The topological polar surface area (TPSA) is 233 Å². The van der Waals surface area contributed by atoms with Crippen LogP contribution in [-0.4, -0.2) is 172 Å². The van der Waals surface area contributed by atoms with Crippen molar-refractivity contribution in [3.63, 3.8) is 0 Å². The zero-order valence-electron chi connectivity index (χ0n) is 51.4. The Balaban J connectivity index is 1.15. The van der Waals surface area contributed by atoms with Crippen molar-refractivity contribution in [3.05, 3.63) is 114 Å². The van der Waals surface area contributed by atoms with E-state index in [9.17, 15) is 19.2 Å². The standard InChI is InChI=1S/C64H89N9O12/c1-40(2)52(69-62(76)80-10)60(74)71-28-12-14-50(71)58-65-38-48(67-58)42-16-20-44(21-17-42)54-56(84-36-34-82-32-30-78-8)57(85-37-35-83-33-31-79-9)55(73(54)47-26-24-46(25-27-47)64(5,6)7)45-22-18-43(19-23-45)49-39-66-59(68-49)51-15-13-29-72(51)61(75)53(41(3)4)70-63(77)81-11/h16-27,38-41,50-57H,12-15,28-37H2,1-11H3,(H,65,67)(H,66,68)(H,69,76)(H,70,77)/t50-,51-,52-,53-,54-,55-,56+,57+/m0/s1. The molecule has 0 aliphatic carbocycles. The number of H-pyrrole nitrogens is 2. The van der Waals surface area contributed by atoms with Crippen LogP contribution in [0, 0.1) is 11.8 Å². The molecule has 0 spiro atoms. The van der Waals surface area contributed by atoms with Crippen LogP contribution in [0.1, 0.15) is 127 Å². The number of aromatic amines is 2. The van der Waals surface area contributed by atoms with Gasteiger partial charge in [-0.15, -0.1) is 0 Å². The van der Waals surface area contributed by atoms with Crippen LogP contribution in [-0.2, 0) is 52.9 Å². The molecule has 8 rings (SSSR count). The molecule has 0 bridgehead atoms. The molecule has 0 radical (unpaired) electrons. The van der Waals surface area contributed by atoms with Crippen molar-refractivity contribution in [2.75, 3.05) is 99.3 Å². The quantitative estimate of drug-likeness (QED) is 0.0359. The SMILES string of the molecule is COCCOCCO[C@H]1[C@H](OCCOCCOC)[C@H](c2ccc(-c3cnc([C@@H]4CCCN4C(=O)[C@@H](NC(=O)OC)C(C)C)[nH]3)cc2)N(c2ccc(C(C)(C)C)cc2)[C@H]1c1ccc(-c2cnc([C@@H]3CCCN3C(=O)[C@@H](NC(=O)OC)C(C)C)[nH]2)cc1. The van der Waals surface area contributed by atoms with Gasteiger partial charge in [0.25, 0.3) is 0 Å². The number of anilines is 1. The molecule has 3 aliphatic heterocycles. The maximum atomic E-state index is 14.0. The number of likely N-dealkylation sites (tertiary alicyclic amines) is 2. The van der Waals surface area contributed by atoms with Gasteiger partial charge in [0.15, 0.2) is 0 Å². The minimum Gasteiger partial charge on any atom is -0.453 e. The first-order chi connectivity index (χ1) is 41.0. The summed E-state index contributed by atoms with van der Waals surface area (Å²) in [4.78, 5) is 75.4. The fourth-order valence-electron chi connectivity index (χ4n) is 11.8. The van der Waals surface area contributed by atoms with Crippen LogP contribution in [0.25, 0.3) is 22.5 Å². The summed E-state index contributed by atoms with van der Waals surface area (Å²) in [7, 11) is 5.88. The summed E-state index contributed by atoms with van der Waals surface area (Å²) >= 11 is 0. The molecule has 3 saturated heterocycles. The van der Waals surface area contributed by atoms with Crippen molar-refractivity contribution in [2.45, 2.75) is 128 Å². The molecule has 21 heteroatoms. The summed E-state index contributed by atoms with van der Waals surface area (Å²) in [5.74, 6) is 0.704. The average Bonchev–Trinajstić information content (AvgIpc) is 2.03. The highest BCUT2D eigenvalue weighted by Gasteiger charge is 2.52. The van der Waals surface area contributed by atoms with Gasteiger partial charge in [0.05, 0.1) is 115 Å². The first-order valence-electron chi connectivity index (χ1n) is 29.8. The molecular formula is C64H89N9O12. The number of methoxy groups -OCH3 is 4. The normalized spacial score (nSPS) is 20.6. The summed E-state index contributed by atoms with van der Waals surface area (Å²) in [6.07, 6.45) is 4.34. The Bertz CT molecular complexity index is 2760. The van der Waals surface area contributed by atoms with E-state index >= 15 is 0 Å². The summed E-state index contributed by atoms with van der Waals surface area (Å²) in [6.45, 7) is 18.3. The highest BCUT2D eigenvalue weighted by molar-refractivity contribution is 5.87. The van der Waals surface area contributed by atoms with Crippen LogP contribution < -0.4 is 15.5 Å². The Morgan fingerprint density at radius 2 is 0.965 bits per heavy atom. The van der Waals surface area contributed by atoms with E-state index in [2.05, 4.69) is 119 Å². The first kappa shape index (κ1) is 64.1. The largest absolute Gasteiger partial charge is 0.453 e. The average molecular weight is 1180 g/mol. The third-order valence-corrected chi connectivity index (χ3v) is 16.3. The summed E-state index contributed by atoms with van der Waals surface area (Å²) in [5, 5.41) is 5.48. The van der Waals surface area contributed by atoms with Gasteiger partial charge in [0.2, 0.25) is 11.8 Å². The van der Waals surface area contributed by atoms with Crippen molar-refractivity contribution in [1.82, 2.24) is 40.4 Å². The van der Waals surface area contributed by atoms with E-state index in [4.69, 9.17) is 47.9 Å². The number of aromatic nitrogens is 4. The van der Waals surface area contributed by atoms with E-state index in [1.807, 2.05) is 49.9 Å². The minimum absolute atomic E-state index is 0.0937. The zero-order valence-corrected chi connectivity index (χ0v) is 51.4. The van der Waals surface area contributed by atoms with E-state index in [0.29, 0.717) is 64.4 Å². The number of amides is 4. The van der Waals surface area contributed by atoms with Crippen molar-refractivity contribution in [2.24, 2.45) is 11.8 Å². The number of rotatable bonds is 27. The fourth-order valence-corrected chi connectivity index (χ4v) is 11.8. The minimum atomic E-state index is -0.746. The number of carbonyl (C=O) groups is 4. The molecule has 5 heterocycles. The molecule has 462 valence electrons. The molecule has 8 atom stereocenters. The molecule has 0 saturated carbocycles. The van der Waals surface area contributed by atoms with Crippen molar-refractivity contribution in [3.8, 4) is 22.5 Å². The lowest BCUT2D eigenvalue weighted by Gasteiger charge is -2.35. The Morgan fingerprint density at radius 3 is 1.33 bits per heavy atom. The lowest BCUT2D eigenvalue weighted by atomic mass is 9.87. The zero-order chi connectivity index (χ0) is 60.8. The molecule has 4 amide bonds. The number of hydrogen-bond donors (Lipinski definition) is 4. The summed E-state index contributed by atoms with van der Waals surface area (Å²) in [5.41, 5.74) is 7.49. The van der Waals surface area contributed by atoms with Gasteiger partial charge in [0, 0.05) is 33.0 Å². The Labute approximate surface area is 500 Å². The molecular weight excluding hydrogens is 1090 g/mol. The highest BCUT2D eigenvalue weighted by Crippen LogP contribution is 2.51. The van der Waals surface area contributed by atoms with Crippen LogP contribution in [0.2, 0.25) is 0 Å². The van der Waals surface area contributed by atoms with Crippen LogP contribution in [0.15, 0.2) is 85.2 Å². The lowest BCUT2D eigenvalue weighted by Crippen LogP contribution is -2.51. The smallest absolute Gasteiger partial charge is 0.407 e. The van der Waals surface area contributed by atoms with Crippen molar-refractivity contribution >= 4 is 29.7 Å². The third-order valence-electron chi connectivity index (χ3n) is 16.3. The molecule has 4 N–H and O–H groups in total. The second kappa shape index (κ2) is 30.0. The Kier molecular flexibility index (Phi) is 22.6. The summed E-state index contributed by atoms with van der Waals surface area (Å²) < 4.78 is 46.4. The number of hydrogen-bond acceptors (Lipinski definition) is 15. The van der Waals surface area contributed by atoms with Gasteiger partial charge < -0.3 is 73.2 Å². The van der Waals surface area contributed by atoms with Gasteiger partial charge in [0.1, 0.15) is 35.9 Å². The molecule has 85 heavy (non-hydrogen) atoms. The van der Waals surface area contributed by atoms with Gasteiger partial charge in [-0.05, 0) is 82.9 Å². The van der Waals surface area contributed by atoms with Crippen LogP contribution in [0.4, 0.5) is 15.3 Å². The number of nitrogens with zero attached hydrogens (tertiary/aromatic N) is 5. The van der Waals surface area contributed by atoms with Crippen LogP contribution >= 0.6 is 0 Å². The number of alkyl carbamates (subject to hydrolysis) is 2. The fraction of sp³-hybridized carbons (Fsp3) is 0.562. The van der Waals surface area contributed by atoms with Crippen LogP contribution in [0.3, 0.4) is 0 Å². The van der Waals surface area contributed by atoms with Gasteiger partial charge in [-0.3, -0.25) is 9.59 Å². The van der Waals surface area contributed by atoms with Crippen LogP contribution in [0.5, 0.6) is 0 Å². The predicted molar refractivity (Wildman–Crippen MR) is 322 cm³/mol. The van der Waals surface area contributed by atoms with Crippen molar-refractivity contribution < 1.29 is 57.1 Å². The van der Waals surface area contributed by atoms with E-state index in [-0.39, 0.29) is 66.4 Å². The van der Waals surface area contributed by atoms with Gasteiger partial charge in [-0.25, -0.2) is 19.6 Å². The lowest BCUT2D eigenvalue weighted by molar-refractivity contribution is -0.136. The van der Waals surface area contributed by atoms with Crippen molar-refractivity contribution in [1.29, 1.82) is 0 Å². The highest BCUT2D eigenvalue weighted by atomic mass is 16.6. The van der Waals surface area contributed by atoms with E-state index < -0.39 is 36.5 Å². The second-order valence-corrected chi connectivity index (χ2v) is 23.7. The number of carbonyl (C=O) groups excluding carboxylic acids is 4. The van der Waals surface area contributed by atoms with Gasteiger partial charge in [-0.2, -0.15) is 0 Å². The molecule has 2 aromatic heterocycles. The molecule has 3 fully saturated rings. The predicted octanol–water partition coefficient (Wildman–Crippen LogP) is 9.25. The van der Waals surface area contributed by atoms with Gasteiger partial charge in [-0.1, -0.05) is 109 Å². The maximum Gasteiger partial charge on any atom is 0.407 e. The number of benzene rings is 3. The molecule has 3 aromatic carbocycles. The van der Waals surface area contributed by atoms with E-state index in [1.54, 1.807) is 14.2 Å². The Morgan fingerprint density at radius 1 is 0.565 bits per heavy atom. The van der Waals surface area contributed by atoms with E-state index in [1.165, 1.54) is 19.8 Å². The third kappa shape index (κ3) is 15.6. The molecule has 3 aliphatic rings. The molecule has 21 nitrogen and oxygen atoms in total. The summed E-state index contributed by atoms with van der Waals surface area (Å²) in [6, 6.07) is 22.9. The monoisotopic (exact) mass is 1180 g/mol. The second-order valence-electron chi connectivity index (χ2n) is 23.7. The first-order valence-corrected chi connectivity index (χ1v) is 29.8. The Hall–Kier alpha value is -6.88. The van der Waals surface area contributed by atoms with Gasteiger partial charge >= 0.3 is 12.2 Å². The number of ether oxygens (including phenoxy) is 8.